The zero-order chi connectivity index (χ0) is 16.5. The Morgan fingerprint density at radius 3 is 2.59 bits per heavy atom. The third kappa shape index (κ3) is 3.33. The summed E-state index contributed by atoms with van der Waals surface area (Å²) in [4.78, 5) is 27.9. The first-order chi connectivity index (χ1) is 10.3. The SMILES string of the molecule is CCN1CCc2c(sc(NC(=O)C(C)(C)C)c2C(=O)OC)C1. The molecule has 0 unspecified atom stereocenters. The van der Waals surface area contributed by atoms with Gasteiger partial charge in [-0.1, -0.05) is 27.7 Å². The number of nitrogens with one attached hydrogen (secondary N) is 1. The summed E-state index contributed by atoms with van der Waals surface area (Å²) < 4.78 is 4.92. The number of thiophene rings is 1. The van der Waals surface area contributed by atoms with Crippen molar-refractivity contribution in [3.05, 3.63) is 16.0 Å². The number of anilines is 1. The molecule has 1 N–H and O–H groups in total. The molecule has 0 atom stereocenters. The number of likely N-dealkylation sites (N-methyl/N-ethyl adjacent to an activating group) is 1. The highest BCUT2D eigenvalue weighted by molar-refractivity contribution is 7.17. The molecule has 1 aromatic heterocycles. The Kier molecular flexibility index (Phi) is 4.92. The summed E-state index contributed by atoms with van der Waals surface area (Å²) in [6, 6.07) is 0. The first-order valence-corrected chi connectivity index (χ1v) is 8.36. The van der Waals surface area contributed by atoms with E-state index in [2.05, 4.69) is 17.1 Å². The van der Waals surface area contributed by atoms with Crippen LogP contribution in [0.3, 0.4) is 0 Å². The Hall–Kier alpha value is -1.40. The number of fused-ring (bicyclic) bond motifs is 1. The fourth-order valence-electron chi connectivity index (χ4n) is 2.42. The van der Waals surface area contributed by atoms with Crippen LogP contribution in [0.4, 0.5) is 5.00 Å². The number of methoxy groups -OCH3 is 1. The average molecular weight is 324 g/mol. The second kappa shape index (κ2) is 6.38. The minimum absolute atomic E-state index is 0.0939. The van der Waals surface area contributed by atoms with E-state index < -0.39 is 5.41 Å². The van der Waals surface area contributed by atoms with Crippen molar-refractivity contribution < 1.29 is 14.3 Å². The average Bonchev–Trinajstić information content (AvgIpc) is 2.82. The van der Waals surface area contributed by atoms with Crippen LogP contribution >= 0.6 is 11.3 Å². The molecule has 0 radical (unpaired) electrons. The normalized spacial score (nSPS) is 15.3. The molecule has 0 aliphatic carbocycles. The van der Waals surface area contributed by atoms with E-state index in [4.69, 9.17) is 4.74 Å². The van der Waals surface area contributed by atoms with Crippen molar-refractivity contribution in [3.8, 4) is 0 Å². The fourth-order valence-corrected chi connectivity index (χ4v) is 3.70. The van der Waals surface area contributed by atoms with Crippen LogP contribution in [-0.2, 0) is 22.5 Å². The van der Waals surface area contributed by atoms with E-state index in [1.165, 1.54) is 18.4 Å². The van der Waals surface area contributed by atoms with Crippen LogP contribution in [0.15, 0.2) is 0 Å². The lowest BCUT2D eigenvalue weighted by molar-refractivity contribution is -0.123. The van der Waals surface area contributed by atoms with Gasteiger partial charge in [-0.25, -0.2) is 4.79 Å². The molecule has 1 aliphatic heterocycles. The molecule has 0 saturated heterocycles. The Labute approximate surface area is 135 Å². The van der Waals surface area contributed by atoms with Gasteiger partial charge in [0.25, 0.3) is 0 Å². The number of esters is 1. The van der Waals surface area contributed by atoms with E-state index in [1.807, 2.05) is 20.8 Å². The molecule has 2 rings (SSSR count). The van der Waals surface area contributed by atoms with Gasteiger partial charge in [-0.3, -0.25) is 9.69 Å². The smallest absolute Gasteiger partial charge is 0.341 e. The standard InChI is InChI=1S/C16H24N2O3S/c1-6-18-8-7-10-11(9-18)22-13(12(10)14(19)21-5)17-15(20)16(2,3)4/h6-9H2,1-5H3,(H,17,20). The molecule has 5 nitrogen and oxygen atoms in total. The molecule has 0 bridgehead atoms. The number of hydrogen-bond acceptors (Lipinski definition) is 5. The Bertz CT molecular complexity index is 587. The van der Waals surface area contributed by atoms with E-state index in [1.54, 1.807) is 0 Å². The van der Waals surface area contributed by atoms with Gasteiger partial charge in [-0.05, 0) is 18.5 Å². The molecule has 0 aromatic carbocycles. The molecule has 1 aromatic rings. The molecule has 0 spiro atoms. The van der Waals surface area contributed by atoms with Crippen LogP contribution in [0.25, 0.3) is 0 Å². The lowest BCUT2D eigenvalue weighted by Crippen LogP contribution is -2.30. The molecular formula is C16H24N2O3S. The summed E-state index contributed by atoms with van der Waals surface area (Å²) in [5, 5.41) is 3.54. The van der Waals surface area contributed by atoms with E-state index in [9.17, 15) is 9.59 Å². The molecule has 2 heterocycles. The monoisotopic (exact) mass is 324 g/mol. The number of carbonyl (C=O) groups is 2. The minimum atomic E-state index is -0.507. The summed E-state index contributed by atoms with van der Waals surface area (Å²) in [5.74, 6) is -0.463. The minimum Gasteiger partial charge on any atom is -0.465 e. The van der Waals surface area contributed by atoms with Gasteiger partial charge >= 0.3 is 5.97 Å². The van der Waals surface area contributed by atoms with Crippen LogP contribution in [0.5, 0.6) is 0 Å². The van der Waals surface area contributed by atoms with Gasteiger partial charge in [-0.2, -0.15) is 0 Å². The van der Waals surface area contributed by atoms with Crippen molar-refractivity contribution in [3.63, 3.8) is 0 Å². The maximum atomic E-state index is 12.3. The zero-order valence-corrected chi connectivity index (χ0v) is 14.7. The lowest BCUT2D eigenvalue weighted by atomic mass is 9.95. The number of ether oxygens (including phenoxy) is 1. The van der Waals surface area contributed by atoms with Crippen molar-refractivity contribution in [1.29, 1.82) is 0 Å². The van der Waals surface area contributed by atoms with E-state index in [0.29, 0.717) is 10.6 Å². The number of hydrogen-bond donors (Lipinski definition) is 1. The first-order valence-electron chi connectivity index (χ1n) is 7.54. The molecule has 0 fully saturated rings. The predicted molar refractivity (Wildman–Crippen MR) is 88.4 cm³/mol. The van der Waals surface area contributed by atoms with Crippen LogP contribution < -0.4 is 5.32 Å². The number of carbonyl (C=O) groups excluding carboxylic acids is 2. The van der Waals surface area contributed by atoms with Crippen molar-refractivity contribution in [2.75, 3.05) is 25.5 Å². The summed E-state index contributed by atoms with van der Waals surface area (Å²) in [6.07, 6.45) is 0.815. The van der Waals surface area contributed by atoms with Crippen molar-refractivity contribution >= 4 is 28.2 Å². The zero-order valence-electron chi connectivity index (χ0n) is 13.9. The number of rotatable bonds is 3. The molecular weight excluding hydrogens is 300 g/mol. The van der Waals surface area contributed by atoms with Gasteiger partial charge in [0.2, 0.25) is 5.91 Å². The topological polar surface area (TPSA) is 58.6 Å². The molecule has 22 heavy (non-hydrogen) atoms. The largest absolute Gasteiger partial charge is 0.465 e. The molecule has 122 valence electrons. The van der Waals surface area contributed by atoms with Gasteiger partial charge in [0.05, 0.1) is 12.7 Å². The van der Waals surface area contributed by atoms with Gasteiger partial charge in [0.15, 0.2) is 0 Å². The molecule has 0 saturated carbocycles. The van der Waals surface area contributed by atoms with E-state index in [-0.39, 0.29) is 11.9 Å². The van der Waals surface area contributed by atoms with Gasteiger partial charge < -0.3 is 10.1 Å². The lowest BCUT2D eigenvalue weighted by Gasteiger charge is -2.25. The highest BCUT2D eigenvalue weighted by Crippen LogP contribution is 2.38. The predicted octanol–water partition coefficient (Wildman–Crippen LogP) is 2.90. The third-order valence-corrected chi connectivity index (χ3v) is 5.01. The maximum absolute atomic E-state index is 12.3. The molecule has 1 aliphatic rings. The van der Waals surface area contributed by atoms with Gasteiger partial charge in [0.1, 0.15) is 5.00 Å². The summed E-state index contributed by atoms with van der Waals surface area (Å²) in [7, 11) is 1.38. The maximum Gasteiger partial charge on any atom is 0.341 e. The highest BCUT2D eigenvalue weighted by atomic mass is 32.1. The van der Waals surface area contributed by atoms with Crippen LogP contribution in [0.2, 0.25) is 0 Å². The molecule has 1 amide bonds. The highest BCUT2D eigenvalue weighted by Gasteiger charge is 2.30. The Morgan fingerprint density at radius 1 is 1.36 bits per heavy atom. The van der Waals surface area contributed by atoms with Crippen LogP contribution in [0, 0.1) is 5.41 Å². The number of amides is 1. The first kappa shape index (κ1) is 17.0. The van der Waals surface area contributed by atoms with Crippen LogP contribution in [0.1, 0.15) is 48.5 Å². The van der Waals surface area contributed by atoms with Crippen molar-refractivity contribution in [2.45, 2.75) is 40.7 Å². The summed E-state index contributed by atoms with van der Waals surface area (Å²) in [5.41, 5.74) is 1.06. The van der Waals surface area contributed by atoms with Gasteiger partial charge in [-0.15, -0.1) is 11.3 Å². The Morgan fingerprint density at radius 2 is 2.05 bits per heavy atom. The molecule has 6 heteroatoms. The van der Waals surface area contributed by atoms with E-state index in [0.717, 1.165) is 36.5 Å². The summed E-state index contributed by atoms with van der Waals surface area (Å²) in [6.45, 7) is 10.4. The quantitative estimate of drug-likeness (QED) is 0.869. The second-order valence-corrected chi connectivity index (χ2v) is 7.63. The van der Waals surface area contributed by atoms with E-state index >= 15 is 0 Å². The van der Waals surface area contributed by atoms with Gasteiger partial charge in [0, 0.05) is 23.4 Å². The third-order valence-electron chi connectivity index (χ3n) is 3.88. The number of nitrogens with zero attached hydrogens (tertiary/aromatic N) is 1. The second-order valence-electron chi connectivity index (χ2n) is 6.52. The van der Waals surface area contributed by atoms with Crippen LogP contribution in [-0.4, -0.2) is 37.0 Å². The fraction of sp³-hybridized carbons (Fsp3) is 0.625. The van der Waals surface area contributed by atoms with Crippen molar-refractivity contribution in [2.24, 2.45) is 5.41 Å². The van der Waals surface area contributed by atoms with Crippen molar-refractivity contribution in [1.82, 2.24) is 4.90 Å². The summed E-state index contributed by atoms with van der Waals surface area (Å²) >= 11 is 1.49. The Balaban J connectivity index is 2.39.